The van der Waals surface area contributed by atoms with Crippen LogP contribution in [0, 0.1) is 0 Å². The Morgan fingerprint density at radius 2 is 1.37 bits per heavy atom. The Kier molecular flexibility index (Phi) is 4.90. The molecule has 0 spiro atoms. The SMILES string of the molecule is O=C(O)c1ccccc1OC1CN(C(c2ccccc2)c2ccccc2)C1. The first-order valence-electron chi connectivity index (χ1n) is 9.05. The van der Waals surface area contributed by atoms with Gasteiger partial charge in [0.05, 0.1) is 6.04 Å². The Morgan fingerprint density at radius 3 is 1.93 bits per heavy atom. The van der Waals surface area contributed by atoms with Crippen LogP contribution in [0.15, 0.2) is 84.9 Å². The van der Waals surface area contributed by atoms with E-state index in [1.807, 2.05) is 12.1 Å². The molecule has 0 bridgehead atoms. The summed E-state index contributed by atoms with van der Waals surface area (Å²) in [6, 6.07) is 27.8. The number of ether oxygens (including phenoxy) is 1. The lowest BCUT2D eigenvalue weighted by molar-refractivity contribution is -0.000403. The lowest BCUT2D eigenvalue weighted by atomic mass is 9.94. The summed E-state index contributed by atoms with van der Waals surface area (Å²) < 4.78 is 5.97. The molecule has 0 unspecified atom stereocenters. The fourth-order valence-corrected chi connectivity index (χ4v) is 3.57. The fourth-order valence-electron chi connectivity index (χ4n) is 3.57. The molecule has 1 heterocycles. The molecule has 0 aliphatic carbocycles. The molecule has 3 aromatic carbocycles. The minimum Gasteiger partial charge on any atom is -0.487 e. The predicted molar refractivity (Wildman–Crippen MR) is 104 cm³/mol. The van der Waals surface area contributed by atoms with Crippen molar-refractivity contribution in [1.82, 2.24) is 4.90 Å². The third kappa shape index (κ3) is 3.71. The number of hydrogen-bond donors (Lipinski definition) is 1. The number of likely N-dealkylation sites (tertiary alicyclic amines) is 1. The highest BCUT2D eigenvalue weighted by Crippen LogP contribution is 2.33. The van der Waals surface area contributed by atoms with Gasteiger partial charge in [-0.3, -0.25) is 4.90 Å². The van der Waals surface area contributed by atoms with E-state index < -0.39 is 5.97 Å². The lowest BCUT2D eigenvalue weighted by Gasteiger charge is -2.44. The number of hydrogen-bond acceptors (Lipinski definition) is 3. The Bertz CT molecular complexity index is 866. The molecule has 0 atom stereocenters. The Labute approximate surface area is 158 Å². The van der Waals surface area contributed by atoms with Gasteiger partial charge in [0.1, 0.15) is 17.4 Å². The number of aromatic carboxylic acids is 1. The summed E-state index contributed by atoms with van der Waals surface area (Å²) in [6.45, 7) is 1.50. The average Bonchev–Trinajstić information content (AvgIpc) is 2.68. The minimum absolute atomic E-state index is 0.0135. The zero-order chi connectivity index (χ0) is 18.6. The summed E-state index contributed by atoms with van der Waals surface area (Å²) in [5.41, 5.74) is 2.69. The van der Waals surface area contributed by atoms with E-state index >= 15 is 0 Å². The van der Waals surface area contributed by atoms with Gasteiger partial charge in [0.2, 0.25) is 0 Å². The fraction of sp³-hybridized carbons (Fsp3) is 0.174. The molecule has 4 nitrogen and oxygen atoms in total. The maximum Gasteiger partial charge on any atom is 0.339 e. The van der Waals surface area contributed by atoms with E-state index in [2.05, 4.69) is 53.4 Å². The predicted octanol–water partition coefficient (Wildman–Crippen LogP) is 4.24. The van der Waals surface area contributed by atoms with Crippen molar-refractivity contribution in [1.29, 1.82) is 0 Å². The van der Waals surface area contributed by atoms with E-state index in [9.17, 15) is 9.90 Å². The topological polar surface area (TPSA) is 49.8 Å². The van der Waals surface area contributed by atoms with Crippen molar-refractivity contribution in [2.75, 3.05) is 13.1 Å². The Balaban J connectivity index is 1.50. The molecule has 0 radical (unpaired) electrons. The molecule has 27 heavy (non-hydrogen) atoms. The van der Waals surface area contributed by atoms with Crippen LogP contribution in [0.3, 0.4) is 0 Å². The van der Waals surface area contributed by atoms with Crippen LogP contribution in [-0.4, -0.2) is 35.2 Å². The summed E-state index contributed by atoms with van der Waals surface area (Å²) in [5.74, 6) is -0.529. The van der Waals surface area contributed by atoms with E-state index in [-0.39, 0.29) is 17.7 Å². The molecule has 0 amide bonds. The van der Waals surface area contributed by atoms with Crippen LogP contribution < -0.4 is 4.74 Å². The summed E-state index contributed by atoms with van der Waals surface area (Å²) in [7, 11) is 0. The number of rotatable bonds is 6. The van der Waals surface area contributed by atoms with Crippen LogP contribution in [0.1, 0.15) is 27.5 Å². The summed E-state index contributed by atoms with van der Waals surface area (Å²) in [5, 5.41) is 9.32. The molecule has 1 aliphatic rings. The average molecular weight is 359 g/mol. The molecule has 136 valence electrons. The molecular weight excluding hydrogens is 338 g/mol. The Hall–Kier alpha value is -3.11. The van der Waals surface area contributed by atoms with Crippen molar-refractivity contribution < 1.29 is 14.6 Å². The zero-order valence-electron chi connectivity index (χ0n) is 14.9. The molecule has 0 aromatic heterocycles. The number of nitrogens with zero attached hydrogens (tertiary/aromatic N) is 1. The monoisotopic (exact) mass is 359 g/mol. The Morgan fingerprint density at radius 1 is 0.852 bits per heavy atom. The second kappa shape index (κ2) is 7.64. The first kappa shape index (κ1) is 17.3. The van der Waals surface area contributed by atoms with Crippen molar-refractivity contribution in [3.63, 3.8) is 0 Å². The largest absolute Gasteiger partial charge is 0.487 e. The van der Waals surface area contributed by atoms with E-state index in [0.29, 0.717) is 5.75 Å². The van der Waals surface area contributed by atoms with Gasteiger partial charge in [-0.2, -0.15) is 0 Å². The number of benzene rings is 3. The molecule has 4 rings (SSSR count). The van der Waals surface area contributed by atoms with Gasteiger partial charge < -0.3 is 9.84 Å². The summed E-state index contributed by atoms with van der Waals surface area (Å²) >= 11 is 0. The molecule has 1 saturated heterocycles. The highest BCUT2D eigenvalue weighted by atomic mass is 16.5. The van der Waals surface area contributed by atoms with Gasteiger partial charge in [-0.1, -0.05) is 72.8 Å². The first-order chi connectivity index (χ1) is 13.2. The molecule has 1 N–H and O–H groups in total. The maximum atomic E-state index is 11.4. The molecule has 1 fully saturated rings. The van der Waals surface area contributed by atoms with Gasteiger partial charge in [-0.05, 0) is 23.3 Å². The van der Waals surface area contributed by atoms with Crippen LogP contribution >= 0.6 is 0 Å². The second-order valence-corrected chi connectivity index (χ2v) is 6.72. The van der Waals surface area contributed by atoms with Gasteiger partial charge >= 0.3 is 5.97 Å². The van der Waals surface area contributed by atoms with Gasteiger partial charge in [-0.15, -0.1) is 0 Å². The smallest absolute Gasteiger partial charge is 0.339 e. The highest BCUT2D eigenvalue weighted by Gasteiger charge is 2.35. The minimum atomic E-state index is -0.965. The molecule has 1 aliphatic heterocycles. The number of carbonyl (C=O) groups is 1. The van der Waals surface area contributed by atoms with Crippen molar-refractivity contribution in [2.24, 2.45) is 0 Å². The van der Waals surface area contributed by atoms with Crippen molar-refractivity contribution in [2.45, 2.75) is 12.1 Å². The quantitative estimate of drug-likeness (QED) is 0.715. The number of carboxylic acid groups (broad SMARTS) is 1. The third-order valence-corrected chi connectivity index (χ3v) is 4.88. The second-order valence-electron chi connectivity index (χ2n) is 6.72. The summed E-state index contributed by atoms with van der Waals surface area (Å²) in [6.07, 6.45) is -0.0135. The number of carboxylic acids is 1. The van der Waals surface area contributed by atoms with Gasteiger partial charge in [0, 0.05) is 13.1 Å². The highest BCUT2D eigenvalue weighted by molar-refractivity contribution is 5.90. The standard InChI is InChI=1S/C23H21NO3/c25-23(26)20-13-7-8-14-21(20)27-19-15-24(16-19)22(17-9-3-1-4-10-17)18-11-5-2-6-12-18/h1-14,19,22H,15-16H2,(H,25,26). The first-order valence-corrected chi connectivity index (χ1v) is 9.05. The van der Waals surface area contributed by atoms with E-state index in [1.165, 1.54) is 11.1 Å². The van der Waals surface area contributed by atoms with Gasteiger partial charge in [-0.25, -0.2) is 4.79 Å². The molecular formula is C23H21NO3. The summed E-state index contributed by atoms with van der Waals surface area (Å²) in [4.78, 5) is 13.7. The van der Waals surface area contributed by atoms with Crippen LogP contribution in [0.4, 0.5) is 0 Å². The van der Waals surface area contributed by atoms with Crippen LogP contribution in [0.25, 0.3) is 0 Å². The van der Waals surface area contributed by atoms with Gasteiger partial charge in [0.25, 0.3) is 0 Å². The van der Waals surface area contributed by atoms with Gasteiger partial charge in [0.15, 0.2) is 0 Å². The van der Waals surface area contributed by atoms with E-state index in [0.717, 1.165) is 13.1 Å². The zero-order valence-corrected chi connectivity index (χ0v) is 14.9. The van der Waals surface area contributed by atoms with Crippen LogP contribution in [-0.2, 0) is 0 Å². The van der Waals surface area contributed by atoms with Crippen LogP contribution in [0.5, 0.6) is 5.75 Å². The van der Waals surface area contributed by atoms with E-state index in [1.54, 1.807) is 24.3 Å². The van der Waals surface area contributed by atoms with Crippen LogP contribution in [0.2, 0.25) is 0 Å². The van der Waals surface area contributed by atoms with E-state index in [4.69, 9.17) is 4.74 Å². The van der Waals surface area contributed by atoms with Crippen molar-refractivity contribution in [3.05, 3.63) is 102 Å². The maximum absolute atomic E-state index is 11.4. The third-order valence-electron chi connectivity index (χ3n) is 4.88. The normalized spacial score (nSPS) is 14.7. The lowest BCUT2D eigenvalue weighted by Crippen LogP contribution is -2.55. The molecule has 4 heteroatoms. The number of para-hydroxylation sites is 1. The van der Waals surface area contributed by atoms with Crippen molar-refractivity contribution in [3.8, 4) is 5.75 Å². The molecule has 3 aromatic rings. The molecule has 0 saturated carbocycles. The van der Waals surface area contributed by atoms with Crippen molar-refractivity contribution >= 4 is 5.97 Å².